The van der Waals surface area contributed by atoms with Crippen LogP contribution in [0.25, 0.3) is 5.69 Å². The topological polar surface area (TPSA) is 87.5 Å². The highest BCUT2D eigenvalue weighted by molar-refractivity contribution is 7.80. The van der Waals surface area contributed by atoms with Gasteiger partial charge in [0.1, 0.15) is 11.2 Å². The van der Waals surface area contributed by atoms with Gasteiger partial charge in [0.2, 0.25) is 5.91 Å². The van der Waals surface area contributed by atoms with Gasteiger partial charge >= 0.3 is 0 Å². The predicted octanol–water partition coefficient (Wildman–Crippen LogP) is 3.53. The molecule has 188 valence electrons. The lowest BCUT2D eigenvalue weighted by Gasteiger charge is -2.35. The van der Waals surface area contributed by atoms with Gasteiger partial charge in [0.15, 0.2) is 0 Å². The number of amides is 1. The fourth-order valence-corrected chi connectivity index (χ4v) is 5.45. The molecule has 2 heterocycles. The van der Waals surface area contributed by atoms with Crippen molar-refractivity contribution in [1.29, 1.82) is 0 Å². The summed E-state index contributed by atoms with van der Waals surface area (Å²) in [4.78, 5) is 33.5. The molecule has 8 heteroatoms. The normalized spacial score (nSPS) is 18.4. The molecule has 0 bridgehead atoms. The highest BCUT2D eigenvalue weighted by atomic mass is 32.1. The van der Waals surface area contributed by atoms with Crippen LogP contribution in [0.15, 0.2) is 65.5 Å². The minimum Gasteiger partial charge on any atom is -0.387 e. The number of benzene rings is 2. The monoisotopic (exact) mass is 504 g/mol. The Morgan fingerprint density at radius 2 is 1.81 bits per heavy atom. The Hall–Kier alpha value is -2.94. The van der Waals surface area contributed by atoms with Crippen molar-refractivity contribution in [2.75, 3.05) is 19.6 Å². The lowest BCUT2D eigenvalue weighted by atomic mass is 9.84. The maximum Gasteiger partial charge on any atom is 0.264 e. The number of carbonyl (C=O) groups is 1. The van der Waals surface area contributed by atoms with Crippen molar-refractivity contribution >= 4 is 18.5 Å². The third kappa shape index (κ3) is 4.98. The van der Waals surface area contributed by atoms with E-state index in [1.54, 1.807) is 9.47 Å². The number of rotatable bonds is 8. The van der Waals surface area contributed by atoms with Crippen LogP contribution in [-0.4, -0.2) is 45.1 Å². The molecule has 2 atom stereocenters. The molecule has 2 aromatic carbocycles. The predicted molar refractivity (Wildman–Crippen MR) is 142 cm³/mol. The summed E-state index contributed by atoms with van der Waals surface area (Å²) in [5.41, 5.74) is 2.77. The Morgan fingerprint density at radius 1 is 1.11 bits per heavy atom. The Morgan fingerprint density at radius 3 is 2.47 bits per heavy atom. The van der Waals surface area contributed by atoms with Crippen molar-refractivity contribution in [2.24, 2.45) is 0 Å². The second-order valence-corrected chi connectivity index (χ2v) is 10.0. The zero-order chi connectivity index (χ0) is 25.1. The zero-order valence-electron chi connectivity index (χ0n) is 20.2. The van der Waals surface area contributed by atoms with Gasteiger partial charge in [-0.3, -0.25) is 14.2 Å². The molecule has 3 aromatic rings. The van der Waals surface area contributed by atoms with Gasteiger partial charge < -0.3 is 15.3 Å². The number of nitrogens with zero attached hydrogens (tertiary/aromatic N) is 3. The van der Waals surface area contributed by atoms with Crippen molar-refractivity contribution in [3.8, 4) is 5.69 Å². The summed E-state index contributed by atoms with van der Waals surface area (Å²) < 4.78 is 1.73. The number of thiol groups is 1. The van der Waals surface area contributed by atoms with Gasteiger partial charge in [-0.05, 0) is 30.5 Å². The molecule has 1 amide bonds. The Kier molecular flexibility index (Phi) is 7.55. The largest absolute Gasteiger partial charge is 0.387 e. The van der Waals surface area contributed by atoms with E-state index in [1.165, 1.54) is 0 Å². The first-order chi connectivity index (χ1) is 17.5. The maximum atomic E-state index is 13.8. The molecular weight excluding hydrogens is 472 g/mol. The number of aromatic nitrogens is 2. The Bertz CT molecular complexity index is 1260. The van der Waals surface area contributed by atoms with Crippen molar-refractivity contribution in [3.63, 3.8) is 0 Å². The number of aliphatic hydroxyl groups excluding tert-OH is 1. The first-order valence-electron chi connectivity index (χ1n) is 12.7. The SMILES string of the molecule is O=C(CCNCC(O)c1ccccc1)N1CCc2nc(C3CCC3)n(-c3ccccc3)c(=O)c2C1S. The number of nitrogens with one attached hydrogen (secondary N) is 1. The molecule has 0 spiro atoms. The summed E-state index contributed by atoms with van der Waals surface area (Å²) in [5.74, 6) is 1.05. The van der Waals surface area contributed by atoms with Crippen LogP contribution in [0.2, 0.25) is 0 Å². The lowest BCUT2D eigenvalue weighted by molar-refractivity contribution is -0.132. The number of para-hydroxylation sites is 1. The average Bonchev–Trinajstić information content (AvgIpc) is 2.86. The molecule has 1 aromatic heterocycles. The molecule has 2 N–H and O–H groups in total. The van der Waals surface area contributed by atoms with E-state index in [1.807, 2.05) is 60.7 Å². The molecule has 0 radical (unpaired) electrons. The second-order valence-electron chi connectivity index (χ2n) is 9.53. The first-order valence-corrected chi connectivity index (χ1v) is 13.2. The summed E-state index contributed by atoms with van der Waals surface area (Å²) in [5, 5.41) is 12.8. The van der Waals surface area contributed by atoms with E-state index in [0.717, 1.165) is 42.0 Å². The molecule has 1 fully saturated rings. The summed E-state index contributed by atoms with van der Waals surface area (Å²) >= 11 is 4.74. The van der Waals surface area contributed by atoms with Crippen LogP contribution in [0, 0.1) is 0 Å². The molecule has 1 aliphatic heterocycles. The van der Waals surface area contributed by atoms with E-state index >= 15 is 0 Å². The van der Waals surface area contributed by atoms with Gasteiger partial charge in [-0.15, -0.1) is 12.6 Å². The van der Waals surface area contributed by atoms with Crippen molar-refractivity contribution in [1.82, 2.24) is 19.8 Å². The van der Waals surface area contributed by atoms with E-state index < -0.39 is 11.5 Å². The summed E-state index contributed by atoms with van der Waals surface area (Å²) in [6, 6.07) is 19.0. The van der Waals surface area contributed by atoms with E-state index in [9.17, 15) is 14.7 Å². The standard InChI is InChI=1S/C28H32N4O3S/c33-23(19-8-3-1-4-9-19)18-29-16-14-24(34)31-17-15-22-25(28(31)36)27(35)32(21-12-5-2-6-13-21)26(30-22)20-10-7-11-20/h1-6,8-9,12-13,20,23,28-29,33,36H,7,10-11,14-18H2. The first kappa shape index (κ1) is 24.7. The van der Waals surface area contributed by atoms with Gasteiger partial charge in [0.05, 0.1) is 23.0 Å². The van der Waals surface area contributed by atoms with E-state index in [2.05, 4.69) is 5.32 Å². The third-order valence-electron chi connectivity index (χ3n) is 7.21. The minimum atomic E-state index is -0.637. The summed E-state index contributed by atoms with van der Waals surface area (Å²) in [6.07, 6.45) is 3.41. The number of aliphatic hydroxyl groups is 1. The highest BCUT2D eigenvalue weighted by Crippen LogP contribution is 2.38. The molecule has 2 aliphatic rings. The number of fused-ring (bicyclic) bond motifs is 1. The van der Waals surface area contributed by atoms with E-state index in [0.29, 0.717) is 37.5 Å². The van der Waals surface area contributed by atoms with Gasteiger partial charge in [0.25, 0.3) is 5.56 Å². The van der Waals surface area contributed by atoms with E-state index in [-0.39, 0.29) is 17.9 Å². The van der Waals surface area contributed by atoms with Crippen LogP contribution in [0.1, 0.15) is 65.7 Å². The fourth-order valence-electron chi connectivity index (χ4n) is 4.95. The summed E-state index contributed by atoms with van der Waals surface area (Å²) in [6.45, 7) is 1.28. The van der Waals surface area contributed by atoms with Crippen LogP contribution in [0.5, 0.6) is 0 Å². The highest BCUT2D eigenvalue weighted by Gasteiger charge is 2.35. The average molecular weight is 505 g/mol. The van der Waals surface area contributed by atoms with Crippen LogP contribution in [0.3, 0.4) is 0 Å². The molecular formula is C28H32N4O3S. The van der Waals surface area contributed by atoms with Gasteiger partial charge in [0, 0.05) is 38.4 Å². The number of hydrogen-bond donors (Lipinski definition) is 3. The van der Waals surface area contributed by atoms with Gasteiger partial charge in [-0.25, -0.2) is 4.98 Å². The lowest BCUT2D eigenvalue weighted by Crippen LogP contribution is -2.44. The minimum absolute atomic E-state index is 0.0731. The van der Waals surface area contributed by atoms with Crippen LogP contribution < -0.4 is 10.9 Å². The maximum absolute atomic E-state index is 13.8. The Labute approximate surface area is 216 Å². The van der Waals surface area contributed by atoms with Crippen LogP contribution in [-0.2, 0) is 11.2 Å². The van der Waals surface area contributed by atoms with E-state index in [4.69, 9.17) is 17.6 Å². The van der Waals surface area contributed by atoms with Gasteiger partial charge in [-0.2, -0.15) is 0 Å². The molecule has 7 nitrogen and oxygen atoms in total. The number of hydrogen-bond acceptors (Lipinski definition) is 6. The smallest absolute Gasteiger partial charge is 0.264 e. The van der Waals surface area contributed by atoms with Crippen molar-refractivity contribution in [3.05, 3.63) is 93.7 Å². The third-order valence-corrected chi connectivity index (χ3v) is 7.75. The second kappa shape index (κ2) is 11.0. The van der Waals surface area contributed by atoms with Crippen molar-refractivity contribution < 1.29 is 9.90 Å². The van der Waals surface area contributed by atoms with Crippen LogP contribution >= 0.6 is 12.6 Å². The fraction of sp³-hybridized carbons (Fsp3) is 0.393. The molecule has 36 heavy (non-hydrogen) atoms. The molecule has 2 unspecified atom stereocenters. The molecule has 0 saturated heterocycles. The quantitative estimate of drug-likeness (QED) is 0.323. The van der Waals surface area contributed by atoms with Crippen molar-refractivity contribution in [2.45, 2.75) is 49.5 Å². The number of carbonyl (C=O) groups excluding carboxylic acids is 1. The summed E-state index contributed by atoms with van der Waals surface area (Å²) in [7, 11) is 0. The molecule has 5 rings (SSSR count). The molecule has 1 saturated carbocycles. The molecule has 1 aliphatic carbocycles. The zero-order valence-corrected chi connectivity index (χ0v) is 21.1. The van der Waals surface area contributed by atoms with Gasteiger partial charge in [-0.1, -0.05) is 55.0 Å². The Balaban J connectivity index is 1.30. The van der Waals surface area contributed by atoms with Crippen LogP contribution in [0.4, 0.5) is 0 Å².